The minimum atomic E-state index is -0.744. The van der Waals surface area contributed by atoms with E-state index < -0.39 is 11.0 Å². The van der Waals surface area contributed by atoms with Crippen LogP contribution in [0.15, 0.2) is 24.4 Å². The molecule has 1 atom stereocenters. The van der Waals surface area contributed by atoms with E-state index >= 15 is 0 Å². The zero-order valence-corrected chi connectivity index (χ0v) is 8.38. The molecule has 2 aromatic rings. The van der Waals surface area contributed by atoms with Crippen molar-refractivity contribution in [2.45, 2.75) is 6.10 Å². The fourth-order valence-electron chi connectivity index (χ4n) is 1.62. The lowest BCUT2D eigenvalue weighted by Crippen LogP contribution is -2.11. The van der Waals surface area contributed by atoms with Gasteiger partial charge in [0.2, 0.25) is 0 Å². The summed E-state index contributed by atoms with van der Waals surface area (Å²) in [7, 11) is 0. The van der Waals surface area contributed by atoms with Gasteiger partial charge in [-0.3, -0.25) is 10.1 Å². The topological polar surface area (TPSA) is 105 Å². The Balaban J connectivity index is 2.53. The zero-order valence-electron chi connectivity index (χ0n) is 8.38. The van der Waals surface area contributed by atoms with Gasteiger partial charge in [-0.15, -0.1) is 0 Å². The van der Waals surface area contributed by atoms with Crippen molar-refractivity contribution >= 4 is 16.6 Å². The normalized spacial score (nSPS) is 12.9. The van der Waals surface area contributed by atoms with Crippen LogP contribution >= 0.6 is 0 Å². The highest BCUT2D eigenvalue weighted by atomic mass is 16.6. The van der Waals surface area contributed by atoms with Crippen molar-refractivity contribution in [3.8, 4) is 0 Å². The number of aliphatic hydroxyl groups is 1. The van der Waals surface area contributed by atoms with Gasteiger partial charge in [0.1, 0.15) is 0 Å². The van der Waals surface area contributed by atoms with E-state index in [0.717, 1.165) is 0 Å². The fourth-order valence-corrected chi connectivity index (χ4v) is 1.62. The third-order valence-corrected chi connectivity index (χ3v) is 2.49. The molecule has 0 bridgehead atoms. The number of nitrogens with one attached hydrogen (secondary N) is 1. The van der Waals surface area contributed by atoms with Gasteiger partial charge in [0, 0.05) is 6.54 Å². The third-order valence-electron chi connectivity index (χ3n) is 2.49. The maximum Gasteiger partial charge on any atom is 0.294 e. The van der Waals surface area contributed by atoms with Crippen molar-refractivity contribution in [2.24, 2.45) is 5.73 Å². The first-order chi connectivity index (χ1) is 7.63. The van der Waals surface area contributed by atoms with Crippen LogP contribution in [0.1, 0.15) is 11.7 Å². The molecule has 6 heteroatoms. The number of H-pyrrole nitrogens is 1. The number of hydrogen-bond acceptors (Lipinski definition) is 4. The first-order valence-corrected chi connectivity index (χ1v) is 4.77. The van der Waals surface area contributed by atoms with E-state index in [1.807, 2.05) is 0 Å². The first-order valence-electron chi connectivity index (χ1n) is 4.77. The maximum absolute atomic E-state index is 10.7. The molecule has 0 amide bonds. The van der Waals surface area contributed by atoms with E-state index in [0.29, 0.717) is 16.5 Å². The molecule has 1 aromatic heterocycles. The fraction of sp³-hybridized carbons (Fsp3) is 0.200. The number of nitro groups is 1. The van der Waals surface area contributed by atoms with E-state index in [4.69, 9.17) is 5.73 Å². The number of aliphatic hydroxyl groups excluding tert-OH is 1. The maximum atomic E-state index is 10.7. The summed E-state index contributed by atoms with van der Waals surface area (Å²) in [6.45, 7) is 0.119. The highest BCUT2D eigenvalue weighted by Crippen LogP contribution is 2.27. The molecular weight excluding hydrogens is 210 g/mol. The highest BCUT2D eigenvalue weighted by molar-refractivity contribution is 5.89. The summed E-state index contributed by atoms with van der Waals surface area (Å²) in [6.07, 6.45) is 0.593. The summed E-state index contributed by atoms with van der Waals surface area (Å²) in [6, 6.07) is 4.92. The molecule has 2 rings (SSSR count). The van der Waals surface area contributed by atoms with Gasteiger partial charge in [0.25, 0.3) is 5.69 Å². The zero-order chi connectivity index (χ0) is 11.7. The number of aromatic amines is 1. The molecule has 1 aromatic carbocycles. The quantitative estimate of drug-likeness (QED) is 0.532. The molecule has 0 aliphatic carbocycles. The lowest BCUT2D eigenvalue weighted by Gasteiger charge is -2.07. The summed E-state index contributed by atoms with van der Waals surface area (Å²) < 4.78 is 0. The Morgan fingerprint density at radius 1 is 1.56 bits per heavy atom. The Bertz CT molecular complexity index is 535. The number of nitrogens with zero attached hydrogens (tertiary/aromatic N) is 1. The molecule has 1 unspecified atom stereocenters. The number of benzene rings is 1. The van der Waals surface area contributed by atoms with E-state index in [9.17, 15) is 15.2 Å². The van der Waals surface area contributed by atoms with Gasteiger partial charge in [0.15, 0.2) is 0 Å². The van der Waals surface area contributed by atoms with Crippen LogP contribution in [0.25, 0.3) is 10.9 Å². The van der Waals surface area contributed by atoms with E-state index in [-0.39, 0.29) is 12.2 Å². The van der Waals surface area contributed by atoms with Crippen LogP contribution in [0.3, 0.4) is 0 Å². The Labute approximate surface area is 90.8 Å². The molecule has 0 fully saturated rings. The largest absolute Gasteiger partial charge is 0.387 e. The minimum absolute atomic E-state index is 0.0313. The number of aromatic nitrogens is 1. The summed E-state index contributed by atoms with van der Waals surface area (Å²) in [4.78, 5) is 13.0. The Hall–Kier alpha value is -1.92. The molecule has 4 N–H and O–H groups in total. The monoisotopic (exact) mass is 221 g/mol. The van der Waals surface area contributed by atoms with Crippen molar-refractivity contribution in [3.05, 3.63) is 40.1 Å². The van der Waals surface area contributed by atoms with Gasteiger partial charge in [-0.1, -0.05) is 6.07 Å². The molecule has 0 saturated heterocycles. The average molecular weight is 221 g/mol. The predicted molar refractivity (Wildman–Crippen MR) is 59.0 cm³/mol. The molecule has 0 radical (unpaired) electrons. The van der Waals surface area contributed by atoms with Crippen LogP contribution in [-0.4, -0.2) is 21.6 Å². The molecular formula is C10H11N3O3. The molecule has 0 aliphatic rings. The second-order valence-corrected chi connectivity index (χ2v) is 3.49. The first kappa shape index (κ1) is 10.6. The van der Waals surface area contributed by atoms with Gasteiger partial charge < -0.3 is 15.8 Å². The lowest BCUT2D eigenvalue weighted by atomic mass is 10.1. The molecule has 0 aliphatic heterocycles. The van der Waals surface area contributed by atoms with Gasteiger partial charge in [-0.25, -0.2) is 0 Å². The van der Waals surface area contributed by atoms with Crippen LogP contribution < -0.4 is 5.73 Å². The van der Waals surface area contributed by atoms with Crippen LogP contribution in [0.2, 0.25) is 0 Å². The van der Waals surface area contributed by atoms with E-state index in [1.54, 1.807) is 18.2 Å². The number of fused-ring (bicyclic) bond motifs is 1. The van der Waals surface area contributed by atoms with Gasteiger partial charge in [-0.05, 0) is 17.7 Å². The standard InChI is InChI=1S/C10H11N3O3/c11-4-10(14)6-1-2-7-8(3-6)12-5-9(7)13(15)16/h1-3,5,10,12,14H,4,11H2. The molecule has 6 nitrogen and oxygen atoms in total. The lowest BCUT2D eigenvalue weighted by molar-refractivity contribution is -0.383. The Morgan fingerprint density at radius 2 is 2.31 bits per heavy atom. The summed E-state index contributed by atoms with van der Waals surface area (Å²) in [5, 5.41) is 20.7. The molecule has 1 heterocycles. The average Bonchev–Trinajstić information content (AvgIpc) is 2.70. The van der Waals surface area contributed by atoms with E-state index in [1.165, 1.54) is 6.20 Å². The predicted octanol–water partition coefficient (Wildman–Crippen LogP) is 1.07. The van der Waals surface area contributed by atoms with Crippen molar-refractivity contribution in [3.63, 3.8) is 0 Å². The molecule has 0 spiro atoms. The number of rotatable bonds is 3. The van der Waals surface area contributed by atoms with Crippen molar-refractivity contribution < 1.29 is 10.0 Å². The summed E-state index contributed by atoms with van der Waals surface area (Å²) in [5.74, 6) is 0. The van der Waals surface area contributed by atoms with E-state index in [2.05, 4.69) is 4.98 Å². The van der Waals surface area contributed by atoms with Crippen LogP contribution in [0.4, 0.5) is 5.69 Å². The Morgan fingerprint density at radius 3 is 2.94 bits per heavy atom. The third kappa shape index (κ3) is 1.64. The van der Waals surface area contributed by atoms with Crippen LogP contribution in [0.5, 0.6) is 0 Å². The van der Waals surface area contributed by atoms with Crippen molar-refractivity contribution in [1.82, 2.24) is 4.98 Å². The summed E-state index contributed by atoms with van der Waals surface area (Å²) >= 11 is 0. The van der Waals surface area contributed by atoms with Crippen LogP contribution in [0, 0.1) is 10.1 Å². The minimum Gasteiger partial charge on any atom is -0.387 e. The van der Waals surface area contributed by atoms with Crippen LogP contribution in [-0.2, 0) is 0 Å². The highest BCUT2D eigenvalue weighted by Gasteiger charge is 2.15. The second kappa shape index (κ2) is 3.92. The second-order valence-electron chi connectivity index (χ2n) is 3.49. The molecule has 0 saturated carbocycles. The smallest absolute Gasteiger partial charge is 0.294 e. The van der Waals surface area contributed by atoms with Crippen molar-refractivity contribution in [2.75, 3.05) is 6.54 Å². The SMILES string of the molecule is NCC(O)c1ccc2c([N+](=O)[O-])c[nH]c2c1. The molecule has 84 valence electrons. The number of hydrogen-bond donors (Lipinski definition) is 3. The number of nitrogens with two attached hydrogens (primary N) is 1. The van der Waals surface area contributed by atoms with Gasteiger partial charge in [-0.2, -0.15) is 0 Å². The van der Waals surface area contributed by atoms with Gasteiger partial charge in [0.05, 0.1) is 28.1 Å². The van der Waals surface area contributed by atoms with Crippen molar-refractivity contribution in [1.29, 1.82) is 0 Å². The molecule has 16 heavy (non-hydrogen) atoms. The Kier molecular flexibility index (Phi) is 2.59. The van der Waals surface area contributed by atoms with Gasteiger partial charge >= 0.3 is 0 Å². The summed E-state index contributed by atoms with van der Waals surface area (Å²) in [5.41, 5.74) is 6.63.